The van der Waals surface area contributed by atoms with Crippen molar-refractivity contribution in [1.82, 2.24) is 10.3 Å². The van der Waals surface area contributed by atoms with E-state index in [4.69, 9.17) is 4.74 Å². The van der Waals surface area contributed by atoms with Crippen molar-refractivity contribution in [2.24, 2.45) is 0 Å². The van der Waals surface area contributed by atoms with E-state index in [1.54, 1.807) is 6.20 Å². The molecule has 1 heterocycles. The number of hydrogen-bond donors (Lipinski definition) is 3. The van der Waals surface area contributed by atoms with Crippen LogP contribution in [0.4, 0.5) is 4.79 Å². The minimum Gasteiger partial charge on any atom is -0.449 e. The van der Waals surface area contributed by atoms with Gasteiger partial charge in [0.2, 0.25) is 0 Å². The highest BCUT2D eigenvalue weighted by Gasteiger charge is 2.29. The van der Waals surface area contributed by atoms with E-state index in [2.05, 4.69) is 34.6 Å². The van der Waals surface area contributed by atoms with Gasteiger partial charge >= 0.3 is 6.09 Å². The summed E-state index contributed by atoms with van der Waals surface area (Å²) in [5, 5.41) is 24.9. The minimum absolute atomic E-state index is 0.00921. The number of rotatable bonds is 7. The predicted octanol–water partition coefficient (Wildman–Crippen LogP) is 4.87. The first kappa shape index (κ1) is 23.0. The highest BCUT2D eigenvalue weighted by Crippen LogP contribution is 2.44. The zero-order valence-corrected chi connectivity index (χ0v) is 19.5. The van der Waals surface area contributed by atoms with E-state index in [-0.39, 0.29) is 25.5 Å². The molecule has 6 heteroatoms. The van der Waals surface area contributed by atoms with Crippen molar-refractivity contribution in [2.75, 3.05) is 13.2 Å². The first-order valence-corrected chi connectivity index (χ1v) is 11.8. The van der Waals surface area contributed by atoms with Gasteiger partial charge in [0.05, 0.1) is 11.6 Å². The average Bonchev–Trinajstić information content (AvgIpc) is 3.21. The molecule has 0 spiro atoms. The Morgan fingerprint density at radius 2 is 1.66 bits per heavy atom. The summed E-state index contributed by atoms with van der Waals surface area (Å²) < 4.78 is 5.53. The van der Waals surface area contributed by atoms with Gasteiger partial charge in [-0.25, -0.2) is 4.79 Å². The number of carbonyl (C=O) groups excluding carboxylic acids is 1. The van der Waals surface area contributed by atoms with Gasteiger partial charge in [0, 0.05) is 24.0 Å². The zero-order chi connectivity index (χ0) is 24.4. The number of hydrogen-bond acceptors (Lipinski definition) is 5. The topological polar surface area (TPSA) is 91.7 Å². The summed E-state index contributed by atoms with van der Waals surface area (Å²) in [4.78, 5) is 16.7. The number of amides is 1. The predicted molar refractivity (Wildman–Crippen MR) is 135 cm³/mol. The van der Waals surface area contributed by atoms with Gasteiger partial charge in [-0.1, -0.05) is 66.7 Å². The van der Waals surface area contributed by atoms with Crippen molar-refractivity contribution in [2.45, 2.75) is 31.5 Å². The van der Waals surface area contributed by atoms with Crippen LogP contribution in [0.3, 0.4) is 0 Å². The summed E-state index contributed by atoms with van der Waals surface area (Å²) in [7, 11) is 0. The SMILES string of the molecule is Cc1c(C(O)C(O)CCNC(=O)OCC2c3ccccc3-c3ccccc32)ccc2cccnc12. The third-order valence-electron chi connectivity index (χ3n) is 6.81. The Bertz CT molecular complexity index is 1320. The lowest BCUT2D eigenvalue weighted by Gasteiger charge is -2.21. The van der Waals surface area contributed by atoms with Crippen molar-refractivity contribution in [3.05, 3.63) is 101 Å². The van der Waals surface area contributed by atoms with Crippen molar-refractivity contribution in [3.8, 4) is 11.1 Å². The van der Waals surface area contributed by atoms with Crippen LogP contribution in [0.5, 0.6) is 0 Å². The minimum atomic E-state index is -1.08. The zero-order valence-electron chi connectivity index (χ0n) is 19.5. The van der Waals surface area contributed by atoms with Crippen LogP contribution in [0, 0.1) is 6.92 Å². The molecule has 178 valence electrons. The summed E-state index contributed by atoms with van der Waals surface area (Å²) in [5.74, 6) is -0.00921. The van der Waals surface area contributed by atoms with Crippen LogP contribution >= 0.6 is 0 Å². The van der Waals surface area contributed by atoms with Crippen molar-refractivity contribution in [3.63, 3.8) is 0 Å². The Balaban J connectivity index is 1.15. The Morgan fingerprint density at radius 3 is 2.37 bits per heavy atom. The first-order chi connectivity index (χ1) is 17.0. The number of aromatic nitrogens is 1. The quantitative estimate of drug-likeness (QED) is 0.360. The van der Waals surface area contributed by atoms with E-state index >= 15 is 0 Å². The molecule has 0 aliphatic heterocycles. The lowest BCUT2D eigenvalue weighted by Crippen LogP contribution is -2.30. The van der Waals surface area contributed by atoms with Gasteiger partial charge in [0.1, 0.15) is 12.7 Å². The number of aliphatic hydroxyl groups excluding tert-OH is 2. The van der Waals surface area contributed by atoms with Crippen LogP contribution in [0.2, 0.25) is 0 Å². The fourth-order valence-corrected chi connectivity index (χ4v) is 4.96. The molecule has 0 saturated heterocycles. The maximum atomic E-state index is 12.4. The largest absolute Gasteiger partial charge is 0.449 e. The van der Waals surface area contributed by atoms with Crippen LogP contribution < -0.4 is 5.32 Å². The van der Waals surface area contributed by atoms with Crippen LogP contribution in [0.25, 0.3) is 22.0 Å². The summed E-state index contributed by atoms with van der Waals surface area (Å²) in [5.41, 5.74) is 6.92. The summed E-state index contributed by atoms with van der Waals surface area (Å²) in [6, 6.07) is 23.9. The molecule has 1 aromatic heterocycles. The Hall–Kier alpha value is -3.74. The molecule has 3 aromatic carbocycles. The number of nitrogens with zero attached hydrogens (tertiary/aromatic N) is 1. The molecule has 1 aliphatic rings. The molecule has 0 fully saturated rings. The van der Waals surface area contributed by atoms with Gasteiger partial charge < -0.3 is 20.3 Å². The second kappa shape index (κ2) is 9.86. The molecule has 6 nitrogen and oxygen atoms in total. The van der Waals surface area contributed by atoms with E-state index < -0.39 is 18.3 Å². The fraction of sp³-hybridized carbons (Fsp3) is 0.241. The second-order valence-electron chi connectivity index (χ2n) is 8.91. The molecule has 1 amide bonds. The normalized spacial score (nSPS) is 14.3. The first-order valence-electron chi connectivity index (χ1n) is 11.8. The number of benzene rings is 3. The molecule has 2 unspecified atom stereocenters. The number of pyridine rings is 1. The second-order valence-corrected chi connectivity index (χ2v) is 8.91. The molecule has 0 radical (unpaired) electrons. The highest BCUT2D eigenvalue weighted by atomic mass is 16.5. The molecule has 4 aromatic rings. The summed E-state index contributed by atoms with van der Waals surface area (Å²) in [6.07, 6.45) is -0.764. The molecule has 5 rings (SSSR count). The number of ether oxygens (including phenoxy) is 1. The van der Waals surface area contributed by atoms with Gasteiger partial charge in [0.25, 0.3) is 0 Å². The lowest BCUT2D eigenvalue weighted by molar-refractivity contribution is 0.0134. The van der Waals surface area contributed by atoms with E-state index in [1.807, 2.05) is 55.5 Å². The van der Waals surface area contributed by atoms with E-state index in [0.717, 1.165) is 27.6 Å². The number of aliphatic hydroxyl groups is 2. The number of fused-ring (bicyclic) bond motifs is 4. The highest BCUT2D eigenvalue weighted by molar-refractivity contribution is 5.82. The lowest BCUT2D eigenvalue weighted by atomic mass is 9.95. The third kappa shape index (κ3) is 4.50. The van der Waals surface area contributed by atoms with E-state index in [0.29, 0.717) is 5.56 Å². The maximum Gasteiger partial charge on any atom is 0.407 e. The monoisotopic (exact) mass is 468 g/mol. The molecule has 0 saturated carbocycles. The third-order valence-corrected chi connectivity index (χ3v) is 6.81. The number of aryl methyl sites for hydroxylation is 1. The van der Waals surface area contributed by atoms with Crippen LogP contribution in [-0.4, -0.2) is 40.5 Å². The van der Waals surface area contributed by atoms with Gasteiger partial charge in [0.15, 0.2) is 0 Å². The Labute approximate surface area is 204 Å². The van der Waals surface area contributed by atoms with Gasteiger partial charge in [-0.3, -0.25) is 4.98 Å². The van der Waals surface area contributed by atoms with Gasteiger partial charge in [-0.15, -0.1) is 0 Å². The standard InChI is InChI=1S/C29H28N2O4/c1-18-20(13-12-19-7-6-15-30-27(18)19)28(33)26(32)14-16-31-29(34)35-17-25-23-10-4-2-8-21(23)22-9-3-5-11-24(22)25/h2-13,15,25-26,28,32-33H,14,16-17H2,1H3,(H,31,34). The number of nitrogens with one attached hydrogen (secondary N) is 1. The maximum absolute atomic E-state index is 12.4. The van der Waals surface area contributed by atoms with Crippen molar-refractivity contribution < 1.29 is 19.7 Å². The van der Waals surface area contributed by atoms with Gasteiger partial charge in [-0.2, -0.15) is 0 Å². The number of carbonyl (C=O) groups is 1. The van der Waals surface area contributed by atoms with E-state index in [9.17, 15) is 15.0 Å². The number of alkyl carbamates (subject to hydrolysis) is 1. The molecule has 3 N–H and O–H groups in total. The average molecular weight is 469 g/mol. The Morgan fingerprint density at radius 1 is 0.971 bits per heavy atom. The van der Waals surface area contributed by atoms with E-state index in [1.165, 1.54) is 11.1 Å². The molecule has 0 bridgehead atoms. The molecular formula is C29H28N2O4. The molecule has 2 atom stereocenters. The summed E-state index contributed by atoms with van der Waals surface area (Å²) >= 11 is 0. The van der Waals surface area contributed by atoms with Crippen molar-refractivity contribution >= 4 is 17.0 Å². The van der Waals surface area contributed by atoms with Crippen LogP contribution in [0.1, 0.15) is 40.7 Å². The molecule has 35 heavy (non-hydrogen) atoms. The van der Waals surface area contributed by atoms with Crippen LogP contribution in [0.15, 0.2) is 79.0 Å². The van der Waals surface area contributed by atoms with Gasteiger partial charge in [-0.05, 0) is 52.8 Å². The van der Waals surface area contributed by atoms with Crippen molar-refractivity contribution in [1.29, 1.82) is 0 Å². The van der Waals surface area contributed by atoms with Crippen LogP contribution in [-0.2, 0) is 4.74 Å². The smallest absolute Gasteiger partial charge is 0.407 e. The Kier molecular flexibility index (Phi) is 6.49. The molecule has 1 aliphatic carbocycles. The summed E-state index contributed by atoms with van der Waals surface area (Å²) in [6.45, 7) is 2.30. The molecular weight excluding hydrogens is 440 g/mol. The fourth-order valence-electron chi connectivity index (χ4n) is 4.96.